The highest BCUT2D eigenvalue weighted by molar-refractivity contribution is 6.30. The lowest BCUT2D eigenvalue weighted by molar-refractivity contribution is -0.142. The Morgan fingerprint density at radius 3 is 2.58 bits per heavy atom. The van der Waals surface area contributed by atoms with E-state index in [1.807, 2.05) is 0 Å². The molecule has 1 aromatic carbocycles. The Kier molecular flexibility index (Phi) is 4.75. The molecule has 1 saturated heterocycles. The summed E-state index contributed by atoms with van der Waals surface area (Å²) < 4.78 is 41.8. The van der Waals surface area contributed by atoms with Gasteiger partial charge >= 0.3 is 6.18 Å². The number of alkyl halides is 3. The van der Waals surface area contributed by atoms with Crippen LogP contribution >= 0.6 is 11.6 Å². The van der Waals surface area contributed by atoms with Crippen LogP contribution in [0.4, 0.5) is 13.2 Å². The van der Waals surface area contributed by atoms with E-state index in [0.717, 1.165) is 10.9 Å². The monoisotopic (exact) mass is 475 g/mol. The first-order valence-electron chi connectivity index (χ1n) is 10.1. The Labute approximate surface area is 191 Å². The lowest BCUT2D eigenvalue weighted by Gasteiger charge is -2.46. The Morgan fingerprint density at radius 1 is 1.15 bits per heavy atom. The van der Waals surface area contributed by atoms with Gasteiger partial charge in [-0.05, 0) is 29.8 Å². The normalized spacial score (nSPS) is 20.1. The zero-order valence-electron chi connectivity index (χ0n) is 17.3. The van der Waals surface area contributed by atoms with E-state index in [1.165, 1.54) is 16.8 Å². The third-order valence-corrected chi connectivity index (χ3v) is 6.35. The second-order valence-electron chi connectivity index (χ2n) is 7.97. The SMILES string of the molecule is Cn1cc(C(=O)N2CCN3C(=O)c4cccnc4C[C@@]32c2ccc(Cl)cc2)c(C(F)(F)F)n1. The van der Waals surface area contributed by atoms with Crippen LogP contribution in [0.15, 0.2) is 48.8 Å². The molecular weight excluding hydrogens is 459 g/mol. The number of nitrogens with zero attached hydrogens (tertiary/aromatic N) is 5. The van der Waals surface area contributed by atoms with E-state index in [0.29, 0.717) is 21.8 Å². The van der Waals surface area contributed by atoms with Gasteiger partial charge in [0.2, 0.25) is 0 Å². The molecule has 0 unspecified atom stereocenters. The number of fused-ring (bicyclic) bond motifs is 2. The van der Waals surface area contributed by atoms with Crippen LogP contribution in [-0.4, -0.2) is 49.5 Å². The Morgan fingerprint density at radius 2 is 1.88 bits per heavy atom. The number of halogens is 4. The highest BCUT2D eigenvalue weighted by Gasteiger charge is 2.57. The van der Waals surface area contributed by atoms with Gasteiger partial charge in [-0.25, -0.2) is 0 Å². The van der Waals surface area contributed by atoms with Crippen molar-refractivity contribution in [2.75, 3.05) is 13.1 Å². The minimum Gasteiger partial charge on any atom is -0.309 e. The lowest BCUT2D eigenvalue weighted by Crippen LogP contribution is -2.58. The minimum absolute atomic E-state index is 0.0490. The van der Waals surface area contributed by atoms with Gasteiger partial charge < -0.3 is 9.80 Å². The molecule has 33 heavy (non-hydrogen) atoms. The molecule has 0 radical (unpaired) electrons. The van der Waals surface area contributed by atoms with Crippen molar-refractivity contribution in [2.45, 2.75) is 18.3 Å². The van der Waals surface area contributed by atoms with Crippen molar-refractivity contribution in [1.82, 2.24) is 24.6 Å². The Balaban J connectivity index is 1.70. The van der Waals surface area contributed by atoms with E-state index in [9.17, 15) is 22.8 Å². The number of hydrogen-bond acceptors (Lipinski definition) is 4. The topological polar surface area (TPSA) is 71.3 Å². The van der Waals surface area contributed by atoms with Crippen LogP contribution in [0.1, 0.15) is 37.7 Å². The zero-order chi connectivity index (χ0) is 23.5. The van der Waals surface area contributed by atoms with Crippen LogP contribution in [0.5, 0.6) is 0 Å². The molecular formula is C22H17ClF3N5O2. The van der Waals surface area contributed by atoms with Crippen LogP contribution in [-0.2, 0) is 25.3 Å². The Hall–Kier alpha value is -3.40. The Bertz CT molecular complexity index is 1270. The highest BCUT2D eigenvalue weighted by atomic mass is 35.5. The summed E-state index contributed by atoms with van der Waals surface area (Å²) in [6, 6.07) is 9.90. The van der Waals surface area contributed by atoms with Crippen molar-refractivity contribution in [3.05, 3.63) is 81.9 Å². The predicted octanol–water partition coefficient (Wildman–Crippen LogP) is 3.49. The molecule has 0 N–H and O–H groups in total. The lowest BCUT2D eigenvalue weighted by atomic mass is 9.86. The van der Waals surface area contributed by atoms with Crippen LogP contribution in [0.3, 0.4) is 0 Å². The number of pyridine rings is 1. The summed E-state index contributed by atoms with van der Waals surface area (Å²) in [6.45, 7) is 0.205. The molecule has 0 spiro atoms. The molecule has 11 heteroatoms. The molecule has 0 bridgehead atoms. The largest absolute Gasteiger partial charge is 0.435 e. The van der Waals surface area contributed by atoms with Crippen LogP contribution in [0.2, 0.25) is 5.02 Å². The van der Waals surface area contributed by atoms with E-state index >= 15 is 0 Å². The first-order chi connectivity index (χ1) is 15.6. The molecule has 7 nitrogen and oxygen atoms in total. The summed E-state index contributed by atoms with van der Waals surface area (Å²) in [4.78, 5) is 34.2. The van der Waals surface area contributed by atoms with Gasteiger partial charge in [-0.15, -0.1) is 0 Å². The summed E-state index contributed by atoms with van der Waals surface area (Å²) in [7, 11) is 1.32. The van der Waals surface area contributed by atoms with Gasteiger partial charge in [0.1, 0.15) is 5.66 Å². The van der Waals surface area contributed by atoms with Crippen molar-refractivity contribution in [1.29, 1.82) is 0 Å². The van der Waals surface area contributed by atoms with Crippen molar-refractivity contribution < 1.29 is 22.8 Å². The van der Waals surface area contributed by atoms with Crippen molar-refractivity contribution >= 4 is 23.4 Å². The maximum Gasteiger partial charge on any atom is 0.435 e. The number of carbonyl (C=O) groups is 2. The second kappa shape index (κ2) is 7.31. The fourth-order valence-electron chi connectivity index (χ4n) is 4.73. The second-order valence-corrected chi connectivity index (χ2v) is 8.41. The fourth-order valence-corrected chi connectivity index (χ4v) is 4.85. The van der Waals surface area contributed by atoms with Gasteiger partial charge in [0.15, 0.2) is 5.69 Å². The van der Waals surface area contributed by atoms with Crippen molar-refractivity contribution in [3.8, 4) is 0 Å². The zero-order valence-corrected chi connectivity index (χ0v) is 18.1. The summed E-state index contributed by atoms with van der Waals surface area (Å²) in [5.41, 5.74) is -1.75. The number of aromatic nitrogens is 3. The summed E-state index contributed by atoms with van der Waals surface area (Å²) in [6.07, 6.45) is -2.08. The number of hydrogen-bond donors (Lipinski definition) is 0. The van der Waals surface area contributed by atoms with E-state index in [1.54, 1.807) is 42.6 Å². The molecule has 5 rings (SSSR count). The number of carbonyl (C=O) groups excluding carboxylic acids is 2. The average Bonchev–Trinajstić information content (AvgIpc) is 3.36. The molecule has 2 aliphatic heterocycles. The first-order valence-corrected chi connectivity index (χ1v) is 10.5. The smallest absolute Gasteiger partial charge is 0.309 e. The highest BCUT2D eigenvalue weighted by Crippen LogP contribution is 2.45. The standard InChI is InChI=1S/C22H17ClF3N5O2/c1-29-12-16(18(28-29)22(24,25)26)20(33)31-10-9-30-19(32)15-3-2-8-27-17(15)11-21(30,31)13-4-6-14(23)7-5-13/h2-8,12H,9-11H2,1H3/t21-/m1/s1. The molecule has 4 heterocycles. The maximum atomic E-state index is 13.6. The van der Waals surface area contributed by atoms with Crippen LogP contribution < -0.4 is 0 Å². The third-order valence-electron chi connectivity index (χ3n) is 6.10. The van der Waals surface area contributed by atoms with Gasteiger partial charge in [0.25, 0.3) is 11.8 Å². The van der Waals surface area contributed by atoms with E-state index in [2.05, 4.69) is 10.1 Å². The van der Waals surface area contributed by atoms with Crippen molar-refractivity contribution in [3.63, 3.8) is 0 Å². The summed E-state index contributed by atoms with van der Waals surface area (Å²) in [5, 5.41) is 3.92. The molecule has 0 saturated carbocycles. The maximum absolute atomic E-state index is 13.6. The first kappa shape index (κ1) is 21.4. The van der Waals surface area contributed by atoms with Gasteiger partial charge in [-0.2, -0.15) is 18.3 Å². The molecule has 2 amide bonds. The summed E-state index contributed by atoms with van der Waals surface area (Å²) >= 11 is 6.06. The number of benzene rings is 1. The molecule has 2 aromatic heterocycles. The minimum atomic E-state index is -4.81. The van der Waals surface area contributed by atoms with Gasteiger partial charge in [-0.3, -0.25) is 19.3 Å². The van der Waals surface area contributed by atoms with Crippen molar-refractivity contribution in [2.24, 2.45) is 7.05 Å². The molecule has 1 atom stereocenters. The molecule has 2 aliphatic rings. The van der Waals surface area contributed by atoms with Gasteiger partial charge in [-0.1, -0.05) is 23.7 Å². The van der Waals surface area contributed by atoms with Crippen LogP contribution in [0, 0.1) is 0 Å². The molecule has 170 valence electrons. The van der Waals surface area contributed by atoms with E-state index < -0.39 is 29.0 Å². The van der Waals surface area contributed by atoms with Crippen LogP contribution in [0.25, 0.3) is 0 Å². The summed E-state index contributed by atoms with van der Waals surface area (Å²) in [5.74, 6) is -1.20. The number of amides is 2. The van der Waals surface area contributed by atoms with E-state index in [4.69, 9.17) is 11.6 Å². The predicted molar refractivity (Wildman–Crippen MR) is 111 cm³/mol. The molecule has 1 fully saturated rings. The molecule has 3 aromatic rings. The quantitative estimate of drug-likeness (QED) is 0.569. The third kappa shape index (κ3) is 3.19. The van der Waals surface area contributed by atoms with Gasteiger partial charge in [0, 0.05) is 44.0 Å². The van der Waals surface area contributed by atoms with E-state index in [-0.39, 0.29) is 25.4 Å². The average molecular weight is 476 g/mol. The number of rotatable bonds is 2. The number of aryl methyl sites for hydroxylation is 1. The van der Waals surface area contributed by atoms with Gasteiger partial charge in [0.05, 0.1) is 16.8 Å². The fraction of sp³-hybridized carbons (Fsp3) is 0.273. The molecule has 0 aliphatic carbocycles.